The van der Waals surface area contributed by atoms with Crippen molar-refractivity contribution in [2.24, 2.45) is 11.3 Å². The van der Waals surface area contributed by atoms with E-state index in [1.165, 1.54) is 19.3 Å². The summed E-state index contributed by atoms with van der Waals surface area (Å²) < 4.78 is 0. The van der Waals surface area contributed by atoms with Gasteiger partial charge in [0.2, 0.25) is 0 Å². The van der Waals surface area contributed by atoms with Gasteiger partial charge < -0.3 is 10.4 Å². The number of hydrogen-bond acceptors (Lipinski definition) is 3. The van der Waals surface area contributed by atoms with Crippen LogP contribution >= 0.6 is 0 Å². The number of nitrogens with one attached hydrogen (secondary N) is 1. The fourth-order valence-electron chi connectivity index (χ4n) is 3.29. The van der Waals surface area contributed by atoms with Gasteiger partial charge in [-0.1, -0.05) is 34.1 Å². The summed E-state index contributed by atoms with van der Waals surface area (Å²) in [6.45, 7) is 14.0. The number of aliphatic hydroxyl groups is 1. The molecule has 1 fully saturated rings. The van der Waals surface area contributed by atoms with Gasteiger partial charge in [-0.3, -0.25) is 4.90 Å². The number of aliphatic hydroxyl groups excluding tert-OH is 1. The molecule has 0 bridgehead atoms. The van der Waals surface area contributed by atoms with Gasteiger partial charge in [-0.25, -0.2) is 0 Å². The normalized spacial score (nSPS) is 24.0. The summed E-state index contributed by atoms with van der Waals surface area (Å²) in [6, 6.07) is 0.404. The zero-order chi connectivity index (χ0) is 14.3. The molecule has 0 aromatic rings. The van der Waals surface area contributed by atoms with Crippen LogP contribution in [0.4, 0.5) is 0 Å². The Labute approximate surface area is 119 Å². The standard InChI is InChI=1S/C16H34N2O/c1-5-8-16(4,12-17-10-14(2)3)13-18-9-6-7-15(18)11-19/h14-15,17,19H,5-13H2,1-4H3. The number of rotatable bonds is 9. The highest BCUT2D eigenvalue weighted by atomic mass is 16.3. The van der Waals surface area contributed by atoms with E-state index >= 15 is 0 Å². The minimum Gasteiger partial charge on any atom is -0.395 e. The second kappa shape index (κ2) is 8.23. The van der Waals surface area contributed by atoms with Gasteiger partial charge in [0.25, 0.3) is 0 Å². The first-order valence-electron chi connectivity index (χ1n) is 8.06. The molecular formula is C16H34N2O. The summed E-state index contributed by atoms with van der Waals surface area (Å²) in [5.74, 6) is 0.711. The van der Waals surface area contributed by atoms with Crippen LogP contribution in [0.3, 0.4) is 0 Å². The fourth-order valence-corrected chi connectivity index (χ4v) is 3.29. The average Bonchev–Trinajstić information content (AvgIpc) is 2.75. The zero-order valence-electron chi connectivity index (χ0n) is 13.4. The highest BCUT2D eigenvalue weighted by Crippen LogP contribution is 2.28. The maximum absolute atomic E-state index is 9.45. The van der Waals surface area contributed by atoms with Crippen molar-refractivity contribution in [2.75, 3.05) is 32.8 Å². The second-order valence-electron chi connectivity index (χ2n) is 7.03. The lowest BCUT2D eigenvalue weighted by atomic mass is 9.84. The highest BCUT2D eigenvalue weighted by Gasteiger charge is 2.31. The summed E-state index contributed by atoms with van der Waals surface area (Å²) >= 11 is 0. The summed E-state index contributed by atoms with van der Waals surface area (Å²) in [5, 5.41) is 13.1. The minimum atomic E-state index is 0.321. The number of hydrogen-bond donors (Lipinski definition) is 2. The van der Waals surface area contributed by atoms with E-state index in [0.29, 0.717) is 24.0 Å². The van der Waals surface area contributed by atoms with Crippen molar-refractivity contribution in [3.8, 4) is 0 Å². The molecule has 19 heavy (non-hydrogen) atoms. The van der Waals surface area contributed by atoms with Crippen LogP contribution < -0.4 is 5.32 Å². The zero-order valence-corrected chi connectivity index (χ0v) is 13.4. The molecule has 0 spiro atoms. The van der Waals surface area contributed by atoms with Gasteiger partial charge in [0.15, 0.2) is 0 Å². The van der Waals surface area contributed by atoms with Crippen molar-refractivity contribution in [3.05, 3.63) is 0 Å². The quantitative estimate of drug-likeness (QED) is 0.676. The van der Waals surface area contributed by atoms with E-state index in [1.54, 1.807) is 0 Å². The Balaban J connectivity index is 2.49. The molecule has 0 saturated carbocycles. The second-order valence-corrected chi connectivity index (χ2v) is 7.03. The monoisotopic (exact) mass is 270 g/mol. The topological polar surface area (TPSA) is 35.5 Å². The van der Waals surface area contributed by atoms with Crippen molar-refractivity contribution in [1.29, 1.82) is 0 Å². The predicted molar refractivity (Wildman–Crippen MR) is 82.4 cm³/mol. The Morgan fingerprint density at radius 3 is 2.74 bits per heavy atom. The third-order valence-corrected chi connectivity index (χ3v) is 4.25. The maximum Gasteiger partial charge on any atom is 0.0586 e. The Morgan fingerprint density at radius 1 is 1.42 bits per heavy atom. The molecule has 2 atom stereocenters. The molecule has 1 aliphatic rings. The SMILES string of the molecule is CCCC(C)(CNCC(C)C)CN1CCCC1CO. The van der Waals surface area contributed by atoms with E-state index in [4.69, 9.17) is 0 Å². The molecule has 1 saturated heterocycles. The average molecular weight is 270 g/mol. The Bertz CT molecular complexity index is 245. The molecule has 0 aliphatic carbocycles. The highest BCUT2D eigenvalue weighted by molar-refractivity contribution is 4.86. The summed E-state index contributed by atoms with van der Waals surface area (Å²) in [7, 11) is 0. The molecule has 2 unspecified atom stereocenters. The molecule has 0 aromatic heterocycles. The van der Waals surface area contributed by atoms with E-state index in [1.807, 2.05) is 0 Å². The van der Waals surface area contributed by atoms with Gasteiger partial charge in [-0.2, -0.15) is 0 Å². The molecule has 0 amide bonds. The molecule has 3 heteroatoms. The molecule has 0 aromatic carbocycles. The first-order chi connectivity index (χ1) is 9.00. The van der Waals surface area contributed by atoms with Gasteiger partial charge in [0.05, 0.1) is 6.61 Å². The van der Waals surface area contributed by atoms with Gasteiger partial charge in [0.1, 0.15) is 0 Å². The van der Waals surface area contributed by atoms with Gasteiger partial charge in [0, 0.05) is 19.1 Å². The fraction of sp³-hybridized carbons (Fsp3) is 1.00. The van der Waals surface area contributed by atoms with Crippen LogP contribution in [0, 0.1) is 11.3 Å². The van der Waals surface area contributed by atoms with Crippen LogP contribution in [0.5, 0.6) is 0 Å². The summed E-state index contributed by atoms with van der Waals surface area (Å²) in [5.41, 5.74) is 0.335. The molecule has 1 rings (SSSR count). The molecule has 3 nitrogen and oxygen atoms in total. The van der Waals surface area contributed by atoms with Crippen LogP contribution in [-0.4, -0.2) is 48.8 Å². The van der Waals surface area contributed by atoms with E-state index in [9.17, 15) is 5.11 Å². The third-order valence-electron chi connectivity index (χ3n) is 4.25. The van der Waals surface area contributed by atoms with Crippen molar-refractivity contribution in [2.45, 2.75) is 59.4 Å². The van der Waals surface area contributed by atoms with Crippen LogP contribution in [-0.2, 0) is 0 Å². The van der Waals surface area contributed by atoms with Gasteiger partial charge in [-0.05, 0) is 43.7 Å². The van der Waals surface area contributed by atoms with Crippen molar-refractivity contribution >= 4 is 0 Å². The van der Waals surface area contributed by atoms with E-state index in [-0.39, 0.29) is 0 Å². The van der Waals surface area contributed by atoms with Crippen LogP contribution in [0.25, 0.3) is 0 Å². The number of likely N-dealkylation sites (tertiary alicyclic amines) is 1. The van der Waals surface area contributed by atoms with Crippen LogP contribution in [0.15, 0.2) is 0 Å². The van der Waals surface area contributed by atoms with E-state index in [2.05, 4.69) is 37.9 Å². The third kappa shape index (κ3) is 5.80. The molecule has 0 radical (unpaired) electrons. The lowest BCUT2D eigenvalue weighted by Crippen LogP contribution is -2.45. The Kier molecular flexibility index (Phi) is 7.33. The first-order valence-corrected chi connectivity index (χ1v) is 8.06. The smallest absolute Gasteiger partial charge is 0.0586 e. The van der Waals surface area contributed by atoms with Crippen LogP contribution in [0.2, 0.25) is 0 Å². The largest absolute Gasteiger partial charge is 0.395 e. The number of nitrogens with zero attached hydrogens (tertiary/aromatic N) is 1. The first kappa shape index (κ1) is 16.9. The van der Waals surface area contributed by atoms with Crippen molar-refractivity contribution in [3.63, 3.8) is 0 Å². The molecule has 1 heterocycles. The predicted octanol–water partition coefficient (Wildman–Crippen LogP) is 2.50. The molecule has 2 N–H and O–H groups in total. The van der Waals surface area contributed by atoms with E-state index < -0.39 is 0 Å². The molecular weight excluding hydrogens is 236 g/mol. The summed E-state index contributed by atoms with van der Waals surface area (Å²) in [6.07, 6.45) is 4.90. The lowest BCUT2D eigenvalue weighted by molar-refractivity contribution is 0.103. The van der Waals surface area contributed by atoms with Gasteiger partial charge in [-0.15, -0.1) is 0 Å². The Hall–Kier alpha value is -0.120. The minimum absolute atomic E-state index is 0.321. The van der Waals surface area contributed by atoms with Crippen LogP contribution in [0.1, 0.15) is 53.4 Å². The Morgan fingerprint density at radius 2 is 2.16 bits per heavy atom. The van der Waals surface area contributed by atoms with Crippen molar-refractivity contribution in [1.82, 2.24) is 10.2 Å². The summed E-state index contributed by atoms with van der Waals surface area (Å²) in [4.78, 5) is 2.51. The maximum atomic E-state index is 9.45. The van der Waals surface area contributed by atoms with Crippen molar-refractivity contribution < 1.29 is 5.11 Å². The van der Waals surface area contributed by atoms with Gasteiger partial charge >= 0.3 is 0 Å². The van der Waals surface area contributed by atoms with E-state index in [0.717, 1.165) is 32.6 Å². The lowest BCUT2D eigenvalue weighted by Gasteiger charge is -2.36. The molecule has 1 aliphatic heterocycles. The molecule has 114 valence electrons.